The third-order valence-corrected chi connectivity index (χ3v) is 5.49. The summed E-state index contributed by atoms with van der Waals surface area (Å²) < 4.78 is 38.6. The first-order valence-electron chi connectivity index (χ1n) is 9.79. The molecular formula is C21H24ClF3N4O. The molecule has 0 bridgehead atoms. The highest BCUT2D eigenvalue weighted by Crippen LogP contribution is 2.34. The second kappa shape index (κ2) is 8.79. The van der Waals surface area contributed by atoms with Gasteiger partial charge in [-0.2, -0.15) is 13.2 Å². The molecule has 5 nitrogen and oxygen atoms in total. The van der Waals surface area contributed by atoms with Gasteiger partial charge in [-0.1, -0.05) is 25.4 Å². The molecule has 3 rings (SSSR count). The van der Waals surface area contributed by atoms with Crippen molar-refractivity contribution < 1.29 is 18.0 Å². The molecule has 2 aromatic rings. The number of anilines is 1. The van der Waals surface area contributed by atoms with Gasteiger partial charge in [0.25, 0.3) is 0 Å². The van der Waals surface area contributed by atoms with Crippen LogP contribution < -0.4 is 10.6 Å². The van der Waals surface area contributed by atoms with Crippen LogP contribution in [0.3, 0.4) is 0 Å². The third-order valence-electron chi connectivity index (χ3n) is 5.17. The van der Waals surface area contributed by atoms with Crippen LogP contribution in [-0.4, -0.2) is 28.0 Å². The molecule has 1 heterocycles. The van der Waals surface area contributed by atoms with Crippen LogP contribution in [0.5, 0.6) is 0 Å². The number of nitrogens with one attached hydrogen (secondary N) is 2. The molecule has 1 aromatic carbocycles. The Morgan fingerprint density at radius 1 is 1.30 bits per heavy atom. The molecule has 0 spiro atoms. The van der Waals surface area contributed by atoms with Crippen molar-refractivity contribution in [2.24, 2.45) is 5.92 Å². The number of hydrogen-bond donors (Lipinski definition) is 2. The summed E-state index contributed by atoms with van der Waals surface area (Å²) in [6.45, 7) is 5.57. The van der Waals surface area contributed by atoms with E-state index in [9.17, 15) is 18.0 Å². The Balaban J connectivity index is 1.69. The third kappa shape index (κ3) is 5.22. The van der Waals surface area contributed by atoms with Gasteiger partial charge in [-0.25, -0.2) is 9.97 Å². The Hall–Kier alpha value is -2.35. The summed E-state index contributed by atoms with van der Waals surface area (Å²) in [6.07, 6.45) is -0.505. The van der Waals surface area contributed by atoms with Gasteiger partial charge in [0.05, 0.1) is 16.3 Å². The fourth-order valence-corrected chi connectivity index (χ4v) is 3.77. The van der Waals surface area contributed by atoms with E-state index in [1.807, 2.05) is 20.8 Å². The first-order chi connectivity index (χ1) is 14.0. The standard InChI is InChI=1S/C21H24ClF3N4O/c1-11(2)19(29-18-6-4-14(9-16(18)22)21(23,24)25)20(30)28-15-5-7-17-13(8-15)10-26-12(3)27-17/h4,6,9-11,15,19,29H,5,7-8H2,1-3H3,(H,28,30)/t15-,19-/m0/s1. The van der Waals surface area contributed by atoms with Crippen LogP contribution in [0.4, 0.5) is 18.9 Å². The van der Waals surface area contributed by atoms with E-state index in [2.05, 4.69) is 20.6 Å². The molecule has 0 radical (unpaired) electrons. The second-order valence-corrected chi connectivity index (χ2v) is 8.30. The monoisotopic (exact) mass is 440 g/mol. The summed E-state index contributed by atoms with van der Waals surface area (Å²) in [6, 6.07) is 2.37. The second-order valence-electron chi connectivity index (χ2n) is 7.90. The molecule has 0 saturated heterocycles. The maximum atomic E-state index is 12.9. The van der Waals surface area contributed by atoms with Crippen molar-refractivity contribution in [3.8, 4) is 0 Å². The molecule has 9 heteroatoms. The number of fused-ring (bicyclic) bond motifs is 1. The molecule has 0 saturated carbocycles. The van der Waals surface area contributed by atoms with Crippen molar-refractivity contribution >= 4 is 23.2 Å². The number of aromatic nitrogens is 2. The molecule has 1 aliphatic rings. The van der Waals surface area contributed by atoms with Crippen LogP contribution in [0.25, 0.3) is 0 Å². The summed E-state index contributed by atoms with van der Waals surface area (Å²) in [5.41, 5.74) is 1.50. The highest BCUT2D eigenvalue weighted by atomic mass is 35.5. The molecule has 1 amide bonds. The molecule has 162 valence electrons. The predicted molar refractivity (Wildman–Crippen MR) is 109 cm³/mol. The van der Waals surface area contributed by atoms with Gasteiger partial charge >= 0.3 is 6.18 Å². The minimum absolute atomic E-state index is 0.0533. The van der Waals surface area contributed by atoms with Crippen molar-refractivity contribution in [3.05, 3.63) is 52.1 Å². The maximum Gasteiger partial charge on any atom is 0.416 e. The van der Waals surface area contributed by atoms with E-state index >= 15 is 0 Å². The van der Waals surface area contributed by atoms with Gasteiger partial charge in [0.15, 0.2) is 0 Å². The number of alkyl halides is 3. The molecule has 1 aromatic heterocycles. The number of aryl methyl sites for hydroxylation is 2. The number of nitrogens with zero attached hydrogens (tertiary/aromatic N) is 2. The highest BCUT2D eigenvalue weighted by Gasteiger charge is 2.32. The van der Waals surface area contributed by atoms with E-state index in [1.165, 1.54) is 6.07 Å². The first-order valence-corrected chi connectivity index (χ1v) is 10.2. The quantitative estimate of drug-likeness (QED) is 0.714. The van der Waals surface area contributed by atoms with Gasteiger partial charge in [-0.05, 0) is 55.9 Å². The number of halogens is 4. The largest absolute Gasteiger partial charge is 0.416 e. The lowest BCUT2D eigenvalue weighted by molar-refractivity contribution is -0.137. The summed E-state index contributed by atoms with van der Waals surface area (Å²) in [7, 11) is 0. The molecule has 0 fully saturated rings. The average molecular weight is 441 g/mol. The predicted octanol–water partition coefficient (Wildman–Crippen LogP) is 4.57. The Bertz CT molecular complexity index is 933. The minimum atomic E-state index is -4.48. The number of hydrogen-bond acceptors (Lipinski definition) is 4. The number of benzene rings is 1. The number of carbonyl (C=O) groups excluding carboxylic acids is 1. The summed E-state index contributed by atoms with van der Waals surface area (Å²) >= 11 is 6.04. The summed E-state index contributed by atoms with van der Waals surface area (Å²) in [5, 5.41) is 5.98. The maximum absolute atomic E-state index is 12.9. The molecular weight excluding hydrogens is 417 g/mol. The van der Waals surface area contributed by atoms with Crippen LogP contribution in [0.1, 0.15) is 42.9 Å². The zero-order valence-electron chi connectivity index (χ0n) is 17.0. The van der Waals surface area contributed by atoms with Crippen molar-refractivity contribution in [2.45, 2.75) is 58.3 Å². The van der Waals surface area contributed by atoms with Gasteiger partial charge in [-0.3, -0.25) is 4.79 Å². The number of rotatable bonds is 5. The first kappa shape index (κ1) is 22.3. The van der Waals surface area contributed by atoms with E-state index in [0.717, 1.165) is 42.1 Å². The van der Waals surface area contributed by atoms with Crippen molar-refractivity contribution in [2.75, 3.05) is 5.32 Å². The smallest absolute Gasteiger partial charge is 0.372 e. The van der Waals surface area contributed by atoms with E-state index < -0.39 is 17.8 Å². The molecule has 2 N–H and O–H groups in total. The Labute approximate surface area is 178 Å². The average Bonchev–Trinajstić information content (AvgIpc) is 2.66. The van der Waals surface area contributed by atoms with Crippen molar-refractivity contribution in [3.63, 3.8) is 0 Å². The van der Waals surface area contributed by atoms with Gasteiger partial charge in [-0.15, -0.1) is 0 Å². The zero-order chi connectivity index (χ0) is 22.1. The summed E-state index contributed by atoms with van der Waals surface area (Å²) in [4.78, 5) is 21.6. The van der Waals surface area contributed by atoms with Crippen LogP contribution in [-0.2, 0) is 23.8 Å². The lowest BCUT2D eigenvalue weighted by Gasteiger charge is -2.29. The van der Waals surface area contributed by atoms with E-state index in [-0.39, 0.29) is 28.6 Å². The van der Waals surface area contributed by atoms with Crippen LogP contribution in [0.15, 0.2) is 24.4 Å². The summed E-state index contributed by atoms with van der Waals surface area (Å²) in [5.74, 6) is 0.404. The SMILES string of the molecule is Cc1ncc2c(n1)CC[C@H](NC(=O)[C@@H](Nc1ccc(C(F)(F)F)cc1Cl)C(C)C)C2. The Morgan fingerprint density at radius 3 is 2.67 bits per heavy atom. The van der Waals surface area contributed by atoms with Crippen LogP contribution in [0, 0.1) is 12.8 Å². The normalized spacial score (nSPS) is 17.4. The lowest BCUT2D eigenvalue weighted by atomic mass is 9.92. The van der Waals surface area contributed by atoms with Gasteiger partial charge in [0.1, 0.15) is 11.9 Å². The Morgan fingerprint density at radius 2 is 2.03 bits per heavy atom. The fourth-order valence-electron chi connectivity index (χ4n) is 3.53. The van der Waals surface area contributed by atoms with Crippen molar-refractivity contribution in [1.29, 1.82) is 0 Å². The highest BCUT2D eigenvalue weighted by molar-refractivity contribution is 6.33. The molecule has 1 aliphatic carbocycles. The molecule has 0 aliphatic heterocycles. The number of carbonyl (C=O) groups is 1. The van der Waals surface area contributed by atoms with Crippen LogP contribution >= 0.6 is 11.6 Å². The van der Waals surface area contributed by atoms with E-state index in [4.69, 9.17) is 11.6 Å². The van der Waals surface area contributed by atoms with Crippen LogP contribution in [0.2, 0.25) is 5.02 Å². The lowest BCUT2D eigenvalue weighted by Crippen LogP contribution is -2.48. The van der Waals surface area contributed by atoms with Gasteiger partial charge < -0.3 is 10.6 Å². The van der Waals surface area contributed by atoms with Crippen molar-refractivity contribution in [1.82, 2.24) is 15.3 Å². The molecule has 30 heavy (non-hydrogen) atoms. The minimum Gasteiger partial charge on any atom is -0.372 e. The number of amides is 1. The fraction of sp³-hybridized carbons (Fsp3) is 0.476. The Kier molecular flexibility index (Phi) is 6.55. The van der Waals surface area contributed by atoms with Gasteiger partial charge in [0.2, 0.25) is 5.91 Å². The van der Waals surface area contributed by atoms with E-state index in [0.29, 0.717) is 6.42 Å². The zero-order valence-corrected chi connectivity index (χ0v) is 17.7. The molecule has 0 unspecified atom stereocenters. The van der Waals surface area contributed by atoms with E-state index in [1.54, 1.807) is 6.20 Å². The topological polar surface area (TPSA) is 66.9 Å². The molecule has 2 atom stereocenters. The van der Waals surface area contributed by atoms with Gasteiger partial charge in [0, 0.05) is 17.9 Å².